The Bertz CT molecular complexity index is 1440. The van der Waals surface area contributed by atoms with Crippen LogP contribution in [-0.2, 0) is 27.2 Å². The van der Waals surface area contributed by atoms with Crippen LogP contribution in [0.1, 0.15) is 40.0 Å². The summed E-state index contributed by atoms with van der Waals surface area (Å²) in [6, 6.07) is 16.4. The van der Waals surface area contributed by atoms with E-state index in [1.165, 1.54) is 23.6 Å². The van der Waals surface area contributed by atoms with Crippen molar-refractivity contribution < 1.29 is 19.1 Å². The zero-order valence-electron chi connectivity index (χ0n) is 19.5. The van der Waals surface area contributed by atoms with Gasteiger partial charge in [0.05, 0.1) is 11.8 Å². The highest BCUT2D eigenvalue weighted by Crippen LogP contribution is 2.37. The number of halogens is 1. The minimum absolute atomic E-state index is 0.219. The number of carbonyl (C=O) groups is 3. The van der Waals surface area contributed by atoms with E-state index >= 15 is 0 Å². The van der Waals surface area contributed by atoms with Crippen molar-refractivity contribution >= 4 is 62.3 Å². The molecule has 186 valence electrons. The Balaban J connectivity index is 1.39. The highest BCUT2D eigenvalue weighted by atomic mass is 79.9. The second kappa shape index (κ2) is 12.3. The lowest BCUT2D eigenvalue weighted by Gasteiger charge is -2.09. The van der Waals surface area contributed by atoms with Crippen molar-refractivity contribution in [3.8, 4) is 11.8 Å². The molecule has 10 heteroatoms. The van der Waals surface area contributed by atoms with Crippen LogP contribution in [0.5, 0.6) is 5.75 Å². The highest BCUT2D eigenvalue weighted by Gasteiger charge is 2.23. The summed E-state index contributed by atoms with van der Waals surface area (Å²) in [5.41, 5.74) is 4.80. The van der Waals surface area contributed by atoms with Crippen LogP contribution in [0.3, 0.4) is 0 Å². The summed E-state index contributed by atoms with van der Waals surface area (Å²) in [5.74, 6) is -2.29. The third-order valence-corrected chi connectivity index (χ3v) is 7.18. The monoisotopic (exact) mass is 576 g/mol. The topological polar surface area (TPSA) is 121 Å². The molecule has 0 unspecified atom stereocenters. The first-order chi connectivity index (χ1) is 17.9. The third kappa shape index (κ3) is 6.78. The molecule has 1 aliphatic carbocycles. The average molecular weight is 577 g/mol. The zero-order valence-corrected chi connectivity index (χ0v) is 21.9. The number of benzene rings is 2. The van der Waals surface area contributed by atoms with Gasteiger partial charge in [-0.25, -0.2) is 10.2 Å². The highest BCUT2D eigenvalue weighted by molar-refractivity contribution is 9.10. The first kappa shape index (κ1) is 26.0. The lowest BCUT2D eigenvalue weighted by atomic mass is 9.96. The molecule has 4 rings (SSSR count). The quantitative estimate of drug-likeness (QED) is 0.107. The lowest BCUT2D eigenvalue weighted by molar-refractivity contribution is -0.136. The Labute approximate surface area is 225 Å². The van der Waals surface area contributed by atoms with Crippen LogP contribution in [0.2, 0.25) is 0 Å². The van der Waals surface area contributed by atoms with Crippen LogP contribution in [0, 0.1) is 11.3 Å². The molecule has 1 aliphatic rings. The van der Waals surface area contributed by atoms with Crippen molar-refractivity contribution in [2.75, 3.05) is 5.32 Å². The smallest absolute Gasteiger partial charge is 0.336 e. The van der Waals surface area contributed by atoms with Gasteiger partial charge in [-0.3, -0.25) is 9.59 Å². The van der Waals surface area contributed by atoms with Crippen LogP contribution in [-0.4, -0.2) is 24.0 Å². The molecule has 0 bridgehead atoms. The van der Waals surface area contributed by atoms with Gasteiger partial charge in [-0.2, -0.15) is 10.4 Å². The number of fused-ring (bicyclic) bond motifs is 1. The van der Waals surface area contributed by atoms with E-state index in [4.69, 9.17) is 4.74 Å². The number of hydrogen-bond donors (Lipinski definition) is 2. The Kier molecular flexibility index (Phi) is 8.61. The molecule has 0 aliphatic heterocycles. The fraction of sp³-hybridized carbons (Fsp3) is 0.148. The number of aryl methyl sites for hydroxylation is 1. The van der Waals surface area contributed by atoms with Crippen molar-refractivity contribution in [1.82, 2.24) is 5.43 Å². The number of nitrogens with one attached hydrogen (secondary N) is 2. The number of thiophene rings is 1. The summed E-state index contributed by atoms with van der Waals surface area (Å²) in [6.45, 7) is 0. The van der Waals surface area contributed by atoms with Gasteiger partial charge < -0.3 is 10.1 Å². The first-order valence-electron chi connectivity index (χ1n) is 11.4. The molecule has 8 nitrogen and oxygen atoms in total. The Hall–Kier alpha value is -4.07. The molecule has 0 fully saturated rings. The molecule has 1 aromatic heterocycles. The molecule has 3 aromatic rings. The van der Waals surface area contributed by atoms with E-state index in [-0.39, 0.29) is 5.75 Å². The Morgan fingerprint density at radius 2 is 1.86 bits per heavy atom. The second-order valence-corrected chi connectivity index (χ2v) is 10.0. The Morgan fingerprint density at radius 3 is 2.65 bits per heavy atom. The minimum atomic E-state index is -0.995. The van der Waals surface area contributed by atoms with Crippen LogP contribution in [0.15, 0.2) is 64.2 Å². The number of esters is 1. The summed E-state index contributed by atoms with van der Waals surface area (Å²) >= 11 is 4.68. The zero-order chi connectivity index (χ0) is 26.2. The van der Waals surface area contributed by atoms with Gasteiger partial charge >= 0.3 is 17.8 Å². The molecule has 2 amide bonds. The second-order valence-electron chi connectivity index (χ2n) is 8.03. The largest absolute Gasteiger partial charge is 0.423 e. The predicted molar refractivity (Wildman–Crippen MR) is 145 cm³/mol. The van der Waals surface area contributed by atoms with Crippen LogP contribution >= 0.6 is 27.3 Å². The van der Waals surface area contributed by atoms with Crippen molar-refractivity contribution in [2.45, 2.75) is 25.7 Å². The van der Waals surface area contributed by atoms with Crippen molar-refractivity contribution in [3.05, 3.63) is 86.2 Å². The fourth-order valence-electron chi connectivity index (χ4n) is 3.73. The molecular formula is C27H21BrN4O4S. The number of ether oxygens (including phenoxy) is 1. The van der Waals surface area contributed by atoms with E-state index in [0.29, 0.717) is 20.6 Å². The van der Waals surface area contributed by atoms with E-state index in [1.807, 2.05) is 30.3 Å². The number of amides is 2. The van der Waals surface area contributed by atoms with Crippen LogP contribution in [0.25, 0.3) is 6.08 Å². The average Bonchev–Trinajstić information content (AvgIpc) is 3.26. The van der Waals surface area contributed by atoms with Gasteiger partial charge in [0.15, 0.2) is 0 Å². The van der Waals surface area contributed by atoms with E-state index in [9.17, 15) is 19.6 Å². The molecule has 0 saturated carbocycles. The predicted octanol–water partition coefficient (Wildman–Crippen LogP) is 4.97. The van der Waals surface area contributed by atoms with E-state index in [2.05, 4.69) is 37.8 Å². The minimum Gasteiger partial charge on any atom is -0.423 e. The molecule has 0 saturated heterocycles. The number of carbonyl (C=O) groups excluding carboxylic acids is 3. The van der Waals surface area contributed by atoms with Crippen molar-refractivity contribution in [3.63, 3.8) is 0 Å². The van der Waals surface area contributed by atoms with Gasteiger partial charge in [-0.15, -0.1) is 11.3 Å². The number of hydrazone groups is 1. The summed E-state index contributed by atoms with van der Waals surface area (Å²) in [7, 11) is 0. The van der Waals surface area contributed by atoms with E-state index < -0.39 is 17.8 Å². The maximum atomic E-state index is 12.4. The van der Waals surface area contributed by atoms with E-state index in [1.54, 1.807) is 24.3 Å². The summed E-state index contributed by atoms with van der Waals surface area (Å²) < 4.78 is 6.11. The van der Waals surface area contributed by atoms with Gasteiger partial charge in [-0.1, -0.05) is 46.3 Å². The molecule has 2 aromatic carbocycles. The molecular weight excluding hydrogens is 556 g/mol. The summed E-state index contributed by atoms with van der Waals surface area (Å²) in [5, 5.41) is 16.3. The number of rotatable bonds is 6. The van der Waals surface area contributed by atoms with E-state index in [0.717, 1.165) is 41.7 Å². The maximum absolute atomic E-state index is 12.4. The fourth-order valence-corrected chi connectivity index (χ4v) is 5.34. The van der Waals surface area contributed by atoms with Gasteiger partial charge in [0.2, 0.25) is 0 Å². The maximum Gasteiger partial charge on any atom is 0.336 e. The molecule has 2 N–H and O–H groups in total. The SMILES string of the molecule is N#Cc1c(NC(=O)C(=O)N/N=C\c2cc(Br)ccc2OC(=O)/C=C/c2ccccc2)sc2c1CCCC2. The van der Waals surface area contributed by atoms with Gasteiger partial charge in [0.1, 0.15) is 16.8 Å². The normalized spacial score (nSPS) is 12.6. The molecule has 0 spiro atoms. The molecule has 1 heterocycles. The molecule has 0 atom stereocenters. The molecule has 0 radical (unpaired) electrons. The molecule has 37 heavy (non-hydrogen) atoms. The lowest BCUT2D eigenvalue weighted by Crippen LogP contribution is -2.32. The third-order valence-electron chi connectivity index (χ3n) is 5.48. The Morgan fingerprint density at radius 1 is 1.08 bits per heavy atom. The number of hydrogen-bond acceptors (Lipinski definition) is 7. The van der Waals surface area contributed by atoms with Crippen molar-refractivity contribution in [1.29, 1.82) is 5.26 Å². The van der Waals surface area contributed by atoms with Gasteiger partial charge in [-0.05, 0) is 61.1 Å². The number of nitriles is 1. The standard InChI is InChI=1S/C27H21BrN4O4S/c28-19-11-12-22(36-24(33)13-10-17-6-2-1-3-7-17)18(14-19)16-30-32-26(35)25(34)31-27-21(15-29)20-8-4-5-9-23(20)37-27/h1-3,6-7,10-14,16H,4-5,8-9H2,(H,31,34)(H,32,35)/b13-10+,30-16-. The summed E-state index contributed by atoms with van der Waals surface area (Å²) in [4.78, 5) is 38.1. The van der Waals surface area contributed by atoms with Crippen molar-refractivity contribution in [2.24, 2.45) is 5.10 Å². The van der Waals surface area contributed by atoms with Gasteiger partial charge in [0, 0.05) is 21.0 Å². The number of anilines is 1. The van der Waals surface area contributed by atoms with Crippen LogP contribution in [0.4, 0.5) is 5.00 Å². The van der Waals surface area contributed by atoms with Gasteiger partial charge in [0.25, 0.3) is 0 Å². The summed E-state index contributed by atoms with van der Waals surface area (Å²) in [6.07, 6.45) is 7.90. The number of nitrogens with zero attached hydrogens (tertiary/aromatic N) is 2. The first-order valence-corrected chi connectivity index (χ1v) is 13.0. The van der Waals surface area contributed by atoms with Crippen LogP contribution < -0.4 is 15.5 Å².